The third kappa shape index (κ3) is 2.60. The predicted molar refractivity (Wildman–Crippen MR) is 81.2 cm³/mol. The highest BCUT2D eigenvalue weighted by molar-refractivity contribution is 5.75. The van der Waals surface area contributed by atoms with Crippen molar-refractivity contribution in [3.63, 3.8) is 0 Å². The maximum Gasteiger partial charge on any atom is 0.145 e. The summed E-state index contributed by atoms with van der Waals surface area (Å²) in [6, 6.07) is 16.0. The average molecular weight is 264 g/mol. The van der Waals surface area contributed by atoms with Gasteiger partial charge in [0.15, 0.2) is 0 Å². The SMILES string of the molecule is NCc1ccccc1CNc1cnc2ccccc2n1. The molecule has 0 aliphatic heterocycles. The maximum atomic E-state index is 5.74. The van der Waals surface area contributed by atoms with Gasteiger partial charge in [0.25, 0.3) is 0 Å². The number of hydrogen-bond donors (Lipinski definition) is 2. The molecule has 0 bridgehead atoms. The Hall–Kier alpha value is -2.46. The monoisotopic (exact) mass is 264 g/mol. The number of para-hydroxylation sites is 2. The Morgan fingerprint density at radius 2 is 1.60 bits per heavy atom. The molecule has 3 aromatic rings. The Morgan fingerprint density at radius 3 is 2.40 bits per heavy atom. The normalized spacial score (nSPS) is 10.7. The number of aromatic nitrogens is 2. The molecular weight excluding hydrogens is 248 g/mol. The van der Waals surface area contributed by atoms with Crippen molar-refractivity contribution < 1.29 is 0 Å². The van der Waals surface area contributed by atoms with Crippen molar-refractivity contribution in [2.24, 2.45) is 5.73 Å². The molecule has 2 aromatic carbocycles. The quantitative estimate of drug-likeness (QED) is 0.760. The number of nitrogens with zero attached hydrogens (tertiary/aromatic N) is 2. The van der Waals surface area contributed by atoms with Gasteiger partial charge in [0, 0.05) is 13.1 Å². The van der Waals surface area contributed by atoms with Crippen LogP contribution < -0.4 is 11.1 Å². The van der Waals surface area contributed by atoms with Crippen LogP contribution in [0.3, 0.4) is 0 Å². The number of rotatable bonds is 4. The zero-order valence-electron chi connectivity index (χ0n) is 11.1. The van der Waals surface area contributed by atoms with Gasteiger partial charge in [-0.1, -0.05) is 36.4 Å². The van der Waals surface area contributed by atoms with Crippen LogP contribution in [0.4, 0.5) is 5.82 Å². The van der Waals surface area contributed by atoms with Crippen molar-refractivity contribution in [2.45, 2.75) is 13.1 Å². The minimum atomic E-state index is 0.543. The van der Waals surface area contributed by atoms with Gasteiger partial charge in [-0.05, 0) is 23.3 Å². The summed E-state index contributed by atoms with van der Waals surface area (Å²) in [5.41, 5.74) is 9.87. The molecule has 0 amide bonds. The van der Waals surface area contributed by atoms with Crippen LogP contribution in [0.25, 0.3) is 11.0 Å². The van der Waals surface area contributed by atoms with E-state index in [-0.39, 0.29) is 0 Å². The molecule has 4 nitrogen and oxygen atoms in total. The Labute approximate surface area is 117 Å². The fourth-order valence-corrected chi connectivity index (χ4v) is 2.16. The number of nitrogens with one attached hydrogen (secondary N) is 1. The highest BCUT2D eigenvalue weighted by Crippen LogP contribution is 2.13. The number of nitrogens with two attached hydrogens (primary N) is 1. The lowest BCUT2D eigenvalue weighted by atomic mass is 10.1. The molecule has 0 saturated heterocycles. The second kappa shape index (κ2) is 5.67. The van der Waals surface area contributed by atoms with E-state index in [0.717, 1.165) is 22.4 Å². The van der Waals surface area contributed by atoms with Crippen LogP contribution in [0.2, 0.25) is 0 Å². The van der Waals surface area contributed by atoms with Crippen molar-refractivity contribution >= 4 is 16.9 Å². The van der Waals surface area contributed by atoms with Gasteiger partial charge in [0.1, 0.15) is 5.82 Å². The molecular formula is C16H16N4. The molecule has 1 heterocycles. The number of hydrogen-bond acceptors (Lipinski definition) is 4. The Morgan fingerprint density at radius 1 is 0.900 bits per heavy atom. The van der Waals surface area contributed by atoms with E-state index in [4.69, 9.17) is 5.73 Å². The lowest BCUT2D eigenvalue weighted by Gasteiger charge is -2.09. The highest BCUT2D eigenvalue weighted by Gasteiger charge is 2.02. The van der Waals surface area contributed by atoms with E-state index in [9.17, 15) is 0 Å². The van der Waals surface area contributed by atoms with E-state index in [2.05, 4.69) is 21.4 Å². The van der Waals surface area contributed by atoms with E-state index in [1.807, 2.05) is 42.5 Å². The van der Waals surface area contributed by atoms with Gasteiger partial charge in [-0.2, -0.15) is 0 Å². The zero-order chi connectivity index (χ0) is 13.8. The van der Waals surface area contributed by atoms with Gasteiger partial charge in [-0.15, -0.1) is 0 Å². The van der Waals surface area contributed by atoms with Gasteiger partial charge in [-0.3, -0.25) is 4.98 Å². The molecule has 3 rings (SSSR count). The van der Waals surface area contributed by atoms with Crippen molar-refractivity contribution in [2.75, 3.05) is 5.32 Å². The average Bonchev–Trinajstić information content (AvgIpc) is 2.53. The maximum absolute atomic E-state index is 5.74. The topological polar surface area (TPSA) is 63.8 Å². The van der Waals surface area contributed by atoms with Gasteiger partial charge in [0.2, 0.25) is 0 Å². The van der Waals surface area contributed by atoms with Gasteiger partial charge in [-0.25, -0.2) is 4.98 Å². The minimum absolute atomic E-state index is 0.543. The Kier molecular flexibility index (Phi) is 3.56. The van der Waals surface area contributed by atoms with Gasteiger partial charge >= 0.3 is 0 Å². The lowest BCUT2D eigenvalue weighted by Crippen LogP contribution is -2.07. The molecule has 0 fully saturated rings. The molecule has 0 aliphatic carbocycles. The van der Waals surface area contributed by atoms with Crippen molar-refractivity contribution in [1.82, 2.24) is 9.97 Å². The molecule has 3 N–H and O–H groups in total. The predicted octanol–water partition coefficient (Wildman–Crippen LogP) is 2.70. The summed E-state index contributed by atoms with van der Waals surface area (Å²) in [4.78, 5) is 8.93. The standard InChI is InChI=1S/C16H16N4/c17-9-12-5-1-2-6-13(12)10-19-16-11-18-14-7-3-4-8-15(14)20-16/h1-8,11H,9-10,17H2,(H,19,20). The molecule has 0 unspecified atom stereocenters. The second-order valence-corrected chi connectivity index (χ2v) is 4.57. The largest absolute Gasteiger partial charge is 0.365 e. The van der Waals surface area contributed by atoms with Crippen LogP contribution in [-0.2, 0) is 13.1 Å². The summed E-state index contributed by atoms with van der Waals surface area (Å²) in [7, 11) is 0. The van der Waals surface area contributed by atoms with E-state index in [1.165, 1.54) is 5.56 Å². The van der Waals surface area contributed by atoms with Crippen LogP contribution in [-0.4, -0.2) is 9.97 Å². The third-order valence-electron chi connectivity index (χ3n) is 3.25. The summed E-state index contributed by atoms with van der Waals surface area (Å²) in [5.74, 6) is 0.774. The van der Waals surface area contributed by atoms with Crippen molar-refractivity contribution in [3.05, 3.63) is 65.9 Å². The van der Waals surface area contributed by atoms with Crippen LogP contribution in [0, 0.1) is 0 Å². The molecule has 0 aliphatic rings. The van der Waals surface area contributed by atoms with Crippen molar-refractivity contribution in [3.8, 4) is 0 Å². The Bertz CT molecular complexity index is 724. The van der Waals surface area contributed by atoms with Crippen molar-refractivity contribution in [1.29, 1.82) is 0 Å². The summed E-state index contributed by atoms with van der Waals surface area (Å²) < 4.78 is 0. The molecule has 20 heavy (non-hydrogen) atoms. The summed E-state index contributed by atoms with van der Waals surface area (Å²) >= 11 is 0. The Balaban J connectivity index is 1.79. The first kappa shape index (κ1) is 12.6. The van der Waals surface area contributed by atoms with E-state index < -0.39 is 0 Å². The summed E-state index contributed by atoms with van der Waals surface area (Å²) in [6.07, 6.45) is 1.76. The fraction of sp³-hybridized carbons (Fsp3) is 0.125. The first-order valence-corrected chi connectivity index (χ1v) is 6.59. The lowest BCUT2D eigenvalue weighted by molar-refractivity contribution is 1.00. The molecule has 0 spiro atoms. The smallest absolute Gasteiger partial charge is 0.145 e. The van der Waals surface area contributed by atoms with Crippen LogP contribution in [0.15, 0.2) is 54.7 Å². The number of anilines is 1. The zero-order valence-corrected chi connectivity index (χ0v) is 11.1. The fourth-order valence-electron chi connectivity index (χ4n) is 2.16. The molecule has 100 valence electrons. The first-order chi connectivity index (χ1) is 9.86. The van der Waals surface area contributed by atoms with Crippen LogP contribution >= 0.6 is 0 Å². The van der Waals surface area contributed by atoms with Gasteiger partial charge < -0.3 is 11.1 Å². The molecule has 1 aromatic heterocycles. The van der Waals surface area contributed by atoms with E-state index >= 15 is 0 Å². The first-order valence-electron chi connectivity index (χ1n) is 6.59. The second-order valence-electron chi connectivity index (χ2n) is 4.57. The number of benzene rings is 2. The third-order valence-corrected chi connectivity index (χ3v) is 3.25. The summed E-state index contributed by atoms with van der Waals surface area (Å²) in [6.45, 7) is 1.24. The molecule has 0 atom stereocenters. The molecule has 4 heteroatoms. The summed E-state index contributed by atoms with van der Waals surface area (Å²) in [5, 5.41) is 3.30. The van der Waals surface area contributed by atoms with Crippen LogP contribution in [0.1, 0.15) is 11.1 Å². The number of fused-ring (bicyclic) bond motifs is 1. The molecule has 0 radical (unpaired) electrons. The van der Waals surface area contributed by atoms with Crippen LogP contribution in [0.5, 0.6) is 0 Å². The van der Waals surface area contributed by atoms with Gasteiger partial charge in [0.05, 0.1) is 17.2 Å². The minimum Gasteiger partial charge on any atom is -0.365 e. The highest BCUT2D eigenvalue weighted by atomic mass is 15.0. The molecule has 0 saturated carbocycles. The van der Waals surface area contributed by atoms with E-state index in [0.29, 0.717) is 13.1 Å². The van der Waals surface area contributed by atoms with E-state index in [1.54, 1.807) is 6.20 Å².